The summed E-state index contributed by atoms with van der Waals surface area (Å²) in [7, 11) is 4.51. The lowest BCUT2D eigenvalue weighted by atomic mass is 9.57. The fourth-order valence-corrected chi connectivity index (χ4v) is 4.95. The zero-order valence-corrected chi connectivity index (χ0v) is 24.0. The number of aliphatic hydroxyl groups is 2. The number of carboxylic acid groups (broad SMARTS) is 1. The molecule has 37 heavy (non-hydrogen) atoms. The highest BCUT2D eigenvalue weighted by Crippen LogP contribution is 2.47. The summed E-state index contributed by atoms with van der Waals surface area (Å²) in [6.45, 7) is 11.2. The van der Waals surface area contributed by atoms with E-state index in [-0.39, 0.29) is 11.8 Å². The number of aliphatic hydroxyl groups excluding tert-OH is 2. The van der Waals surface area contributed by atoms with Crippen LogP contribution in [0.25, 0.3) is 0 Å². The molecule has 216 valence electrons. The Labute approximate surface area is 221 Å². The van der Waals surface area contributed by atoms with Gasteiger partial charge in [-0.15, -0.1) is 0 Å². The molecule has 0 aromatic heterocycles. The predicted molar refractivity (Wildman–Crippen MR) is 140 cm³/mol. The molecule has 0 rings (SSSR count). The summed E-state index contributed by atoms with van der Waals surface area (Å²) in [5.41, 5.74) is -5.37. The van der Waals surface area contributed by atoms with Crippen molar-refractivity contribution in [2.24, 2.45) is 17.3 Å². The second kappa shape index (κ2) is 14.9. The first-order valence-electron chi connectivity index (χ1n) is 13.0. The molecular weight excluding hydrogens is 482 g/mol. The minimum Gasteiger partial charge on any atom is -0.478 e. The molecule has 6 N–H and O–H groups in total. The summed E-state index contributed by atoms with van der Waals surface area (Å²) in [6, 6.07) is -3.02. The van der Waals surface area contributed by atoms with E-state index in [1.807, 2.05) is 6.92 Å². The third kappa shape index (κ3) is 7.57. The van der Waals surface area contributed by atoms with Crippen molar-refractivity contribution in [3.05, 3.63) is 0 Å². The summed E-state index contributed by atoms with van der Waals surface area (Å²) in [6.07, 6.45) is -3.58. The SMILES string of the molecule is CC[C@H](C)[C@H](NC)C(=O)C(CC(C)O)(C(=O)[C@H](NC)C(C)C)C(CC(C)O)(OC(=O)[C@@H](C)NC)C(=O)O. The molecule has 0 bridgehead atoms. The van der Waals surface area contributed by atoms with E-state index in [1.54, 1.807) is 20.8 Å². The molecule has 0 aliphatic heterocycles. The summed E-state index contributed by atoms with van der Waals surface area (Å²) in [5.74, 6) is -5.14. The Morgan fingerprint density at radius 2 is 1.24 bits per heavy atom. The van der Waals surface area contributed by atoms with E-state index in [2.05, 4.69) is 16.0 Å². The molecule has 0 aromatic rings. The lowest BCUT2D eigenvalue weighted by Crippen LogP contribution is -2.72. The number of aliphatic carboxylic acids is 1. The number of hydrogen-bond acceptors (Lipinski definition) is 10. The zero-order chi connectivity index (χ0) is 29.3. The number of likely N-dealkylation sites (N-methyl/N-ethyl adjacent to an activating group) is 3. The zero-order valence-electron chi connectivity index (χ0n) is 24.0. The van der Waals surface area contributed by atoms with Crippen LogP contribution in [0.2, 0.25) is 0 Å². The van der Waals surface area contributed by atoms with E-state index in [0.717, 1.165) is 0 Å². The van der Waals surface area contributed by atoms with Crippen LogP contribution in [0.15, 0.2) is 0 Å². The largest absolute Gasteiger partial charge is 0.478 e. The summed E-state index contributed by atoms with van der Waals surface area (Å²) < 4.78 is 5.68. The lowest BCUT2D eigenvalue weighted by Gasteiger charge is -2.49. The molecule has 0 amide bonds. The first-order chi connectivity index (χ1) is 17.0. The Morgan fingerprint density at radius 3 is 1.57 bits per heavy atom. The monoisotopic (exact) mass is 531 g/mol. The molecule has 0 aromatic carbocycles. The van der Waals surface area contributed by atoms with Gasteiger partial charge in [-0.2, -0.15) is 0 Å². The summed E-state index contributed by atoms with van der Waals surface area (Å²) >= 11 is 0. The van der Waals surface area contributed by atoms with Gasteiger partial charge in [0.1, 0.15) is 11.5 Å². The van der Waals surface area contributed by atoms with Crippen molar-refractivity contribution in [2.75, 3.05) is 21.1 Å². The van der Waals surface area contributed by atoms with Gasteiger partial charge in [0.05, 0.1) is 24.3 Å². The summed E-state index contributed by atoms with van der Waals surface area (Å²) in [5, 5.41) is 40.3. The van der Waals surface area contributed by atoms with Crippen molar-refractivity contribution in [3.8, 4) is 0 Å². The maximum atomic E-state index is 14.6. The van der Waals surface area contributed by atoms with Gasteiger partial charge >= 0.3 is 11.9 Å². The van der Waals surface area contributed by atoms with Crippen molar-refractivity contribution in [3.63, 3.8) is 0 Å². The van der Waals surface area contributed by atoms with Gasteiger partial charge < -0.3 is 36.0 Å². The Kier molecular flexibility index (Phi) is 14.1. The number of carboxylic acids is 1. The molecule has 0 heterocycles. The van der Waals surface area contributed by atoms with E-state index < -0.39 is 77.7 Å². The van der Waals surface area contributed by atoms with E-state index in [1.165, 1.54) is 41.9 Å². The second-order valence-electron chi connectivity index (χ2n) is 10.5. The van der Waals surface area contributed by atoms with Crippen LogP contribution in [-0.4, -0.2) is 95.9 Å². The Bertz CT molecular complexity index is 788. The van der Waals surface area contributed by atoms with E-state index >= 15 is 0 Å². The second-order valence-corrected chi connectivity index (χ2v) is 10.5. The number of hydrogen-bond donors (Lipinski definition) is 6. The molecule has 8 atom stereocenters. The Hall–Kier alpha value is -1.92. The first-order valence-corrected chi connectivity index (χ1v) is 13.0. The molecular formula is C26H49N3O8. The first kappa shape index (κ1) is 35.1. The average molecular weight is 532 g/mol. The third-order valence-electron chi connectivity index (χ3n) is 7.19. The average Bonchev–Trinajstić information content (AvgIpc) is 2.80. The maximum absolute atomic E-state index is 14.6. The smallest absolute Gasteiger partial charge is 0.349 e. The number of nitrogens with one attached hydrogen (secondary N) is 3. The normalized spacial score (nSPS) is 20.0. The topological polar surface area (TPSA) is 174 Å². The number of ether oxygens (including phenoxy) is 1. The van der Waals surface area contributed by atoms with E-state index in [9.17, 15) is 34.5 Å². The molecule has 11 nitrogen and oxygen atoms in total. The number of carbonyl (C=O) groups excluding carboxylic acids is 3. The van der Waals surface area contributed by atoms with Crippen LogP contribution in [0.3, 0.4) is 0 Å². The van der Waals surface area contributed by atoms with Gasteiger partial charge in [-0.25, -0.2) is 4.79 Å². The number of Topliss-reactive ketones (excluding diaryl/α,β-unsaturated/α-hetero) is 2. The van der Waals surface area contributed by atoms with Gasteiger partial charge in [-0.3, -0.25) is 14.4 Å². The fraction of sp³-hybridized carbons (Fsp3) is 0.846. The minimum atomic E-state index is -2.82. The highest BCUT2D eigenvalue weighted by Gasteiger charge is 2.70. The molecule has 0 aliphatic rings. The van der Waals surface area contributed by atoms with Gasteiger partial charge in [0.15, 0.2) is 11.6 Å². The third-order valence-corrected chi connectivity index (χ3v) is 7.19. The molecule has 0 saturated carbocycles. The number of ketones is 2. The molecule has 0 aliphatic carbocycles. The van der Waals surface area contributed by atoms with Gasteiger partial charge in [0.25, 0.3) is 0 Å². The summed E-state index contributed by atoms with van der Waals surface area (Å²) in [4.78, 5) is 55.5. The van der Waals surface area contributed by atoms with Gasteiger partial charge in [-0.05, 0) is 60.2 Å². The van der Waals surface area contributed by atoms with Crippen molar-refractivity contribution in [1.82, 2.24) is 16.0 Å². The van der Waals surface area contributed by atoms with Crippen LogP contribution in [0.1, 0.15) is 67.7 Å². The van der Waals surface area contributed by atoms with Gasteiger partial charge in [-0.1, -0.05) is 34.1 Å². The van der Waals surface area contributed by atoms with Crippen molar-refractivity contribution >= 4 is 23.5 Å². The van der Waals surface area contributed by atoms with Gasteiger partial charge in [0.2, 0.25) is 5.60 Å². The lowest BCUT2D eigenvalue weighted by molar-refractivity contribution is -0.209. The van der Waals surface area contributed by atoms with Crippen LogP contribution in [-0.2, 0) is 23.9 Å². The molecule has 4 unspecified atom stereocenters. The van der Waals surface area contributed by atoms with Gasteiger partial charge in [0, 0.05) is 6.42 Å². The standard InChI is InChI=1S/C26H49N3O8/c1-11-15(4)20(29-10)22(33)25(12-16(5)30,21(32)19(28-9)14(2)3)26(24(35)36,13-17(6)31)37-23(34)18(7)27-8/h14-20,27-31H,11-13H2,1-10H3,(H,35,36)/t15-,16?,17?,18+,19+,20-,25?,26?/m0/s1. The van der Waals surface area contributed by atoms with Crippen LogP contribution < -0.4 is 16.0 Å². The van der Waals surface area contributed by atoms with Crippen LogP contribution in [0, 0.1) is 17.3 Å². The van der Waals surface area contributed by atoms with Crippen molar-refractivity contribution < 1.29 is 39.2 Å². The number of rotatable bonds is 18. The van der Waals surface area contributed by atoms with E-state index in [0.29, 0.717) is 6.42 Å². The van der Waals surface area contributed by atoms with E-state index in [4.69, 9.17) is 4.74 Å². The van der Waals surface area contributed by atoms with Crippen LogP contribution in [0.5, 0.6) is 0 Å². The Morgan fingerprint density at radius 1 is 0.784 bits per heavy atom. The maximum Gasteiger partial charge on any atom is 0.349 e. The minimum absolute atomic E-state index is 0.337. The van der Waals surface area contributed by atoms with Crippen molar-refractivity contribution in [2.45, 2.75) is 104 Å². The molecule has 11 heteroatoms. The molecule has 0 saturated heterocycles. The van der Waals surface area contributed by atoms with Crippen molar-refractivity contribution in [1.29, 1.82) is 0 Å². The number of esters is 1. The molecule has 0 radical (unpaired) electrons. The fourth-order valence-electron chi connectivity index (χ4n) is 4.95. The van der Waals surface area contributed by atoms with Crippen LogP contribution in [0.4, 0.5) is 0 Å². The highest BCUT2D eigenvalue weighted by atomic mass is 16.6. The van der Waals surface area contributed by atoms with Crippen LogP contribution >= 0.6 is 0 Å². The molecule has 0 spiro atoms. The quantitative estimate of drug-likeness (QED) is 0.107. The Balaban J connectivity index is 8.00. The molecule has 0 fully saturated rings. The predicted octanol–water partition coefficient (Wildman–Crippen LogP) is 0.505. The number of carbonyl (C=O) groups is 4. The highest BCUT2D eigenvalue weighted by molar-refractivity contribution is 6.16.